The van der Waals surface area contributed by atoms with Crippen LogP contribution in [0.5, 0.6) is 0 Å². The first kappa shape index (κ1) is 41.3. The van der Waals surface area contributed by atoms with E-state index < -0.39 is 60.5 Å². The van der Waals surface area contributed by atoms with Gasteiger partial charge >= 0.3 is 35.8 Å². The van der Waals surface area contributed by atoms with Gasteiger partial charge in [0, 0.05) is 17.6 Å². The normalized spacial score (nSPS) is 11.8. The van der Waals surface area contributed by atoms with Crippen molar-refractivity contribution in [2.24, 2.45) is 11.8 Å². The van der Waals surface area contributed by atoms with Gasteiger partial charge in [0.2, 0.25) is 0 Å². The zero-order chi connectivity index (χ0) is 34.0. The molecule has 0 bridgehead atoms. The molecule has 0 aliphatic heterocycles. The first-order valence-corrected chi connectivity index (χ1v) is 15.9. The van der Waals surface area contributed by atoms with Gasteiger partial charge in [0.25, 0.3) is 0 Å². The number of rotatable bonds is 26. The summed E-state index contributed by atoms with van der Waals surface area (Å²) in [5.41, 5.74) is -0.457. The molecule has 0 N–H and O–H groups in total. The molecule has 0 aromatic carbocycles. The van der Waals surface area contributed by atoms with E-state index in [1.54, 1.807) is 0 Å². The smallest absolute Gasteiger partial charge is 0.334 e. The van der Waals surface area contributed by atoms with E-state index in [1.165, 1.54) is 0 Å². The number of ether oxygens (including phenoxy) is 6. The fraction of sp³-hybridized carbons (Fsp3) is 0.697. The maximum absolute atomic E-state index is 12.9. The molecule has 0 radical (unpaired) electrons. The van der Waals surface area contributed by atoms with Crippen molar-refractivity contribution in [2.75, 3.05) is 39.6 Å². The summed E-state index contributed by atoms with van der Waals surface area (Å²) >= 11 is 0. The van der Waals surface area contributed by atoms with Crippen molar-refractivity contribution in [1.82, 2.24) is 0 Å². The molecule has 45 heavy (non-hydrogen) atoms. The highest BCUT2D eigenvalue weighted by atomic mass is 16.6. The molecule has 0 aromatic heterocycles. The maximum atomic E-state index is 12.9. The Bertz CT molecular complexity index is 895. The molecule has 0 rings (SSSR count). The highest BCUT2D eigenvalue weighted by molar-refractivity contribution is 5.97. The van der Waals surface area contributed by atoms with Gasteiger partial charge in [0.05, 0.1) is 64.3 Å². The van der Waals surface area contributed by atoms with E-state index in [-0.39, 0.29) is 57.2 Å². The van der Waals surface area contributed by atoms with E-state index in [0.717, 1.165) is 25.7 Å². The van der Waals surface area contributed by atoms with Gasteiger partial charge in [0.15, 0.2) is 0 Å². The number of hydrogen-bond donors (Lipinski definition) is 0. The lowest BCUT2D eigenvalue weighted by atomic mass is 9.97. The number of unbranched alkanes of at least 4 members (excludes halogenated alkanes) is 4. The Kier molecular flexibility index (Phi) is 23.5. The van der Waals surface area contributed by atoms with Gasteiger partial charge in [-0.05, 0) is 25.7 Å². The predicted molar refractivity (Wildman–Crippen MR) is 164 cm³/mol. The highest BCUT2D eigenvalue weighted by Gasteiger charge is 2.33. The van der Waals surface area contributed by atoms with Crippen molar-refractivity contribution >= 4 is 35.8 Å². The number of esters is 6. The Balaban J connectivity index is 5.21. The molecule has 2 unspecified atom stereocenters. The number of carbonyl (C=O) groups is 6. The minimum absolute atomic E-state index is 0.0413. The first-order valence-electron chi connectivity index (χ1n) is 15.9. The predicted octanol–water partition coefficient (Wildman–Crippen LogP) is 4.96. The van der Waals surface area contributed by atoms with Crippen molar-refractivity contribution in [1.29, 1.82) is 0 Å². The third kappa shape index (κ3) is 18.7. The van der Waals surface area contributed by atoms with Gasteiger partial charge in [-0.2, -0.15) is 0 Å². The summed E-state index contributed by atoms with van der Waals surface area (Å²) in [6.45, 7) is 15.2. The fourth-order valence-electron chi connectivity index (χ4n) is 3.50. The zero-order valence-corrected chi connectivity index (χ0v) is 27.5. The van der Waals surface area contributed by atoms with Crippen LogP contribution in [0.4, 0.5) is 0 Å². The van der Waals surface area contributed by atoms with Crippen LogP contribution >= 0.6 is 0 Å². The number of hydrogen-bond acceptors (Lipinski definition) is 12. The van der Waals surface area contributed by atoms with Crippen LogP contribution in [-0.2, 0) is 57.2 Å². The highest BCUT2D eigenvalue weighted by Crippen LogP contribution is 2.21. The van der Waals surface area contributed by atoms with Crippen molar-refractivity contribution < 1.29 is 57.2 Å². The molecule has 0 spiro atoms. The lowest BCUT2D eigenvalue weighted by Gasteiger charge is -2.18. The van der Waals surface area contributed by atoms with E-state index in [4.69, 9.17) is 28.4 Å². The Morgan fingerprint density at radius 1 is 0.444 bits per heavy atom. The fourth-order valence-corrected chi connectivity index (χ4v) is 3.50. The molecule has 12 nitrogen and oxygen atoms in total. The van der Waals surface area contributed by atoms with E-state index in [2.05, 4.69) is 13.2 Å². The third-order valence-corrected chi connectivity index (χ3v) is 6.44. The summed E-state index contributed by atoms with van der Waals surface area (Å²) in [4.78, 5) is 75.2. The van der Waals surface area contributed by atoms with E-state index in [0.29, 0.717) is 25.7 Å². The van der Waals surface area contributed by atoms with Crippen molar-refractivity contribution in [3.05, 3.63) is 24.3 Å². The Morgan fingerprint density at radius 2 is 0.733 bits per heavy atom. The molecule has 12 heteroatoms. The summed E-state index contributed by atoms with van der Waals surface area (Å²) in [6.07, 6.45) is 4.88. The molecule has 0 aliphatic rings. The molecular weight excluding hydrogens is 588 g/mol. The van der Waals surface area contributed by atoms with Crippen LogP contribution in [0.2, 0.25) is 0 Å². The van der Waals surface area contributed by atoms with E-state index in [9.17, 15) is 28.8 Å². The topological polar surface area (TPSA) is 158 Å². The van der Waals surface area contributed by atoms with Crippen molar-refractivity contribution in [3.8, 4) is 0 Å². The summed E-state index contributed by atoms with van der Waals surface area (Å²) in [5.74, 6) is -7.41. The summed E-state index contributed by atoms with van der Waals surface area (Å²) in [6, 6.07) is 0. The molecule has 0 saturated carbocycles. The standard InChI is InChI=1S/C33H52O12/c1-7-11-16-40-28(34)22-26(24(5)30(36)42-18-13-9-3)32(38)44-20-15-21-45-33(39)27(23-29(35)41-17-12-8-2)25(6)31(37)43-19-14-10-4/h26-27H,5-23H2,1-4H3. The summed E-state index contributed by atoms with van der Waals surface area (Å²) < 4.78 is 31.1. The molecule has 256 valence electrons. The second-order valence-electron chi connectivity index (χ2n) is 10.4. The lowest BCUT2D eigenvalue weighted by molar-refractivity contribution is -0.158. The largest absolute Gasteiger partial charge is 0.466 e. The van der Waals surface area contributed by atoms with Gasteiger partial charge in [-0.3, -0.25) is 19.2 Å². The summed E-state index contributed by atoms with van der Waals surface area (Å²) in [5, 5.41) is 0. The van der Waals surface area contributed by atoms with Crippen LogP contribution < -0.4 is 0 Å². The van der Waals surface area contributed by atoms with E-state index >= 15 is 0 Å². The summed E-state index contributed by atoms with van der Waals surface area (Å²) in [7, 11) is 0. The van der Waals surface area contributed by atoms with Gasteiger partial charge < -0.3 is 28.4 Å². The Hall–Kier alpha value is -3.70. The Labute approximate surface area is 267 Å². The van der Waals surface area contributed by atoms with Crippen molar-refractivity contribution in [3.63, 3.8) is 0 Å². The lowest BCUT2D eigenvalue weighted by Crippen LogP contribution is -2.29. The molecule has 0 heterocycles. The second kappa shape index (κ2) is 25.6. The molecular formula is C33H52O12. The molecule has 0 aliphatic carbocycles. The monoisotopic (exact) mass is 640 g/mol. The van der Waals surface area contributed by atoms with Gasteiger partial charge in [-0.15, -0.1) is 0 Å². The van der Waals surface area contributed by atoms with Gasteiger partial charge in [-0.1, -0.05) is 66.5 Å². The SMILES string of the molecule is C=C(C(=O)OCCCC)C(CC(=O)OCCCC)C(=O)OCCCOC(=O)C(CC(=O)OCCCC)C(=C)C(=O)OCCCC. The molecule has 2 atom stereocenters. The van der Waals surface area contributed by atoms with Crippen molar-refractivity contribution in [2.45, 2.75) is 98.3 Å². The van der Waals surface area contributed by atoms with Crippen LogP contribution in [0.1, 0.15) is 98.3 Å². The van der Waals surface area contributed by atoms with Gasteiger partial charge in [-0.25, -0.2) is 9.59 Å². The third-order valence-electron chi connectivity index (χ3n) is 6.44. The average Bonchev–Trinajstić information content (AvgIpc) is 3.01. The molecule has 0 aromatic rings. The first-order chi connectivity index (χ1) is 21.5. The minimum Gasteiger partial charge on any atom is -0.466 e. The minimum atomic E-state index is -1.32. The maximum Gasteiger partial charge on any atom is 0.334 e. The number of carbonyl (C=O) groups excluding carboxylic acids is 6. The van der Waals surface area contributed by atoms with Crippen LogP contribution in [0.15, 0.2) is 24.3 Å². The quantitative estimate of drug-likeness (QED) is 0.0542. The second-order valence-corrected chi connectivity index (χ2v) is 10.4. The Morgan fingerprint density at radius 3 is 1.04 bits per heavy atom. The molecule has 0 amide bonds. The van der Waals surface area contributed by atoms with Crippen LogP contribution in [0.3, 0.4) is 0 Å². The van der Waals surface area contributed by atoms with Crippen LogP contribution in [0.25, 0.3) is 0 Å². The molecule has 0 fully saturated rings. The van der Waals surface area contributed by atoms with Crippen LogP contribution in [0, 0.1) is 11.8 Å². The zero-order valence-electron chi connectivity index (χ0n) is 27.5. The van der Waals surface area contributed by atoms with E-state index in [1.807, 2.05) is 27.7 Å². The molecule has 0 saturated heterocycles. The van der Waals surface area contributed by atoms with Crippen LogP contribution in [-0.4, -0.2) is 75.5 Å². The average molecular weight is 641 g/mol. The van der Waals surface area contributed by atoms with Gasteiger partial charge in [0.1, 0.15) is 0 Å².